The first-order valence-corrected chi connectivity index (χ1v) is 22.0. The van der Waals surface area contributed by atoms with Gasteiger partial charge in [-0.1, -0.05) is 188 Å². The fourth-order valence-electron chi connectivity index (χ4n) is 9.57. The molecule has 0 N–H and O–H groups in total. The molecule has 0 bridgehead atoms. The zero-order valence-electron chi connectivity index (χ0n) is 35.1. The molecule has 2 heteroatoms. The van der Waals surface area contributed by atoms with Gasteiger partial charge in [0.25, 0.3) is 0 Å². The van der Waals surface area contributed by atoms with Gasteiger partial charge in [-0.05, 0) is 133 Å². The van der Waals surface area contributed by atoms with Gasteiger partial charge in [0.1, 0.15) is 0 Å². The fourth-order valence-corrected chi connectivity index (χ4v) is 9.57. The van der Waals surface area contributed by atoms with Crippen molar-refractivity contribution < 1.29 is 0 Å². The molecule has 0 aliphatic carbocycles. The number of hydrogen-bond acceptors (Lipinski definition) is 1. The molecular weight excluding hydrogens is 773 g/mol. The van der Waals surface area contributed by atoms with Crippen molar-refractivity contribution in [2.24, 2.45) is 0 Å². The number of hydrogen-bond donors (Lipinski definition) is 0. The standard InChI is InChI=1S/C62H42N2/c1-2-13-50-41-52(28-27-43(50)11-1)46-25-23-44(24-26-46)45-29-35-53(36-30-45)63(55-39-33-49(34-40-55)58-20-10-14-48-12-3-4-17-57(48)58)54-37-31-47(32-38-54)51-15-9-16-56(42-51)64-61-21-7-5-18-59(61)60-19-6-8-22-62(60)64/h1-42H. The van der Waals surface area contributed by atoms with Gasteiger partial charge in [-0.15, -0.1) is 0 Å². The number of benzene rings is 11. The number of nitrogens with zero attached hydrogens (tertiary/aromatic N) is 2. The summed E-state index contributed by atoms with van der Waals surface area (Å²) in [5.74, 6) is 0. The van der Waals surface area contributed by atoms with Gasteiger partial charge in [0.15, 0.2) is 0 Å². The van der Waals surface area contributed by atoms with E-state index in [-0.39, 0.29) is 0 Å². The van der Waals surface area contributed by atoms with Crippen molar-refractivity contribution in [3.05, 3.63) is 255 Å². The van der Waals surface area contributed by atoms with Crippen molar-refractivity contribution in [2.45, 2.75) is 0 Å². The number of anilines is 3. The second-order valence-corrected chi connectivity index (χ2v) is 16.6. The maximum atomic E-state index is 2.38. The molecule has 12 rings (SSSR count). The van der Waals surface area contributed by atoms with Gasteiger partial charge in [0.2, 0.25) is 0 Å². The van der Waals surface area contributed by atoms with Gasteiger partial charge in [-0.3, -0.25) is 0 Å². The van der Waals surface area contributed by atoms with Crippen LogP contribution in [0.15, 0.2) is 255 Å². The first-order chi connectivity index (χ1) is 31.7. The Bertz CT molecular complexity index is 3580. The molecule has 1 aromatic heterocycles. The third-order valence-electron chi connectivity index (χ3n) is 12.8. The topological polar surface area (TPSA) is 8.17 Å². The lowest BCUT2D eigenvalue weighted by atomic mass is 9.97. The lowest BCUT2D eigenvalue weighted by Gasteiger charge is -2.26. The smallest absolute Gasteiger partial charge is 0.0541 e. The minimum atomic E-state index is 1.09. The van der Waals surface area contributed by atoms with Gasteiger partial charge in [-0.2, -0.15) is 0 Å². The lowest BCUT2D eigenvalue weighted by molar-refractivity contribution is 1.18. The molecule has 2 nitrogen and oxygen atoms in total. The molecule has 0 spiro atoms. The van der Waals surface area contributed by atoms with E-state index in [9.17, 15) is 0 Å². The summed E-state index contributed by atoms with van der Waals surface area (Å²) in [5.41, 5.74) is 16.4. The van der Waals surface area contributed by atoms with Gasteiger partial charge < -0.3 is 9.47 Å². The van der Waals surface area contributed by atoms with Crippen LogP contribution in [0.25, 0.3) is 93.5 Å². The summed E-state index contributed by atoms with van der Waals surface area (Å²) in [7, 11) is 0. The molecule has 0 amide bonds. The summed E-state index contributed by atoms with van der Waals surface area (Å²) in [5, 5.41) is 7.55. The predicted octanol–water partition coefficient (Wildman–Crippen LogP) is 17.2. The molecule has 0 saturated heterocycles. The molecule has 0 atom stereocenters. The van der Waals surface area contributed by atoms with Crippen LogP contribution >= 0.6 is 0 Å². The summed E-state index contributed by atoms with van der Waals surface area (Å²) in [6, 6.07) is 92.6. The van der Waals surface area contributed by atoms with Crippen LogP contribution in [0.2, 0.25) is 0 Å². The number of para-hydroxylation sites is 2. The quantitative estimate of drug-likeness (QED) is 0.148. The van der Waals surface area contributed by atoms with Crippen LogP contribution in [-0.2, 0) is 0 Å². The maximum Gasteiger partial charge on any atom is 0.0541 e. The highest BCUT2D eigenvalue weighted by Crippen LogP contribution is 2.40. The normalized spacial score (nSPS) is 11.4. The summed E-state index contributed by atoms with van der Waals surface area (Å²) in [6.45, 7) is 0. The minimum absolute atomic E-state index is 1.09. The van der Waals surface area contributed by atoms with Gasteiger partial charge in [0.05, 0.1) is 11.0 Å². The SMILES string of the molecule is c1cc(-c2ccc(N(c3ccc(-c4ccc(-c5ccc6ccccc6c5)cc4)cc3)c3ccc(-c4cccc5ccccc45)cc3)cc2)cc(-n2c3ccccc3c3ccccc32)c1. The van der Waals surface area contributed by atoms with E-state index in [1.807, 2.05) is 0 Å². The third kappa shape index (κ3) is 6.70. The van der Waals surface area contributed by atoms with Crippen LogP contribution in [0.3, 0.4) is 0 Å². The zero-order valence-corrected chi connectivity index (χ0v) is 35.1. The van der Waals surface area contributed by atoms with Crippen molar-refractivity contribution in [3.8, 4) is 50.2 Å². The first-order valence-electron chi connectivity index (χ1n) is 22.0. The molecule has 0 aliphatic heterocycles. The van der Waals surface area contributed by atoms with Crippen molar-refractivity contribution >= 4 is 60.4 Å². The molecule has 0 saturated carbocycles. The predicted molar refractivity (Wildman–Crippen MR) is 272 cm³/mol. The summed E-state index contributed by atoms with van der Waals surface area (Å²) < 4.78 is 2.38. The summed E-state index contributed by atoms with van der Waals surface area (Å²) in [6.07, 6.45) is 0. The Labute approximate surface area is 373 Å². The Hall–Kier alpha value is -8.46. The second-order valence-electron chi connectivity index (χ2n) is 16.6. The van der Waals surface area contributed by atoms with Gasteiger partial charge in [0, 0.05) is 33.5 Å². The monoisotopic (exact) mass is 814 g/mol. The molecular formula is C62H42N2. The van der Waals surface area contributed by atoms with Gasteiger partial charge >= 0.3 is 0 Å². The Balaban J connectivity index is 0.890. The highest BCUT2D eigenvalue weighted by atomic mass is 15.1. The van der Waals surface area contributed by atoms with Crippen molar-refractivity contribution in [3.63, 3.8) is 0 Å². The van der Waals surface area contributed by atoms with Gasteiger partial charge in [-0.25, -0.2) is 0 Å². The van der Waals surface area contributed by atoms with E-state index in [0.29, 0.717) is 0 Å². The Kier molecular flexibility index (Phi) is 9.20. The molecule has 0 radical (unpaired) electrons. The largest absolute Gasteiger partial charge is 0.311 e. The number of rotatable bonds is 8. The Morgan fingerprint density at radius 3 is 1.28 bits per heavy atom. The van der Waals surface area contributed by atoms with Crippen molar-refractivity contribution in [1.82, 2.24) is 4.57 Å². The van der Waals surface area contributed by atoms with Crippen molar-refractivity contribution in [2.75, 3.05) is 4.90 Å². The molecule has 11 aromatic carbocycles. The Morgan fingerprint density at radius 1 is 0.250 bits per heavy atom. The van der Waals surface area contributed by atoms with E-state index in [4.69, 9.17) is 0 Å². The van der Waals surface area contributed by atoms with E-state index < -0.39 is 0 Å². The maximum absolute atomic E-state index is 2.38. The van der Waals surface area contributed by atoms with E-state index in [1.165, 1.54) is 87.9 Å². The van der Waals surface area contributed by atoms with Crippen LogP contribution in [0, 0.1) is 0 Å². The van der Waals surface area contributed by atoms with Crippen LogP contribution in [0.1, 0.15) is 0 Å². The van der Waals surface area contributed by atoms with Crippen LogP contribution in [0.4, 0.5) is 17.1 Å². The molecule has 0 aliphatic rings. The fraction of sp³-hybridized carbons (Fsp3) is 0. The average molecular weight is 815 g/mol. The lowest BCUT2D eigenvalue weighted by Crippen LogP contribution is -2.09. The Morgan fingerprint density at radius 2 is 0.672 bits per heavy atom. The second kappa shape index (κ2) is 15.8. The molecule has 300 valence electrons. The molecule has 12 aromatic rings. The van der Waals surface area contributed by atoms with E-state index in [1.54, 1.807) is 0 Å². The number of aromatic nitrogens is 1. The first kappa shape index (κ1) is 37.3. The molecule has 64 heavy (non-hydrogen) atoms. The zero-order chi connectivity index (χ0) is 42.4. The van der Waals surface area contributed by atoms with Crippen LogP contribution in [0.5, 0.6) is 0 Å². The molecule has 0 fully saturated rings. The molecule has 0 unspecified atom stereocenters. The molecule has 1 heterocycles. The van der Waals surface area contributed by atoms with Crippen LogP contribution < -0.4 is 4.90 Å². The highest BCUT2D eigenvalue weighted by molar-refractivity contribution is 6.09. The highest BCUT2D eigenvalue weighted by Gasteiger charge is 2.16. The summed E-state index contributed by atoms with van der Waals surface area (Å²) >= 11 is 0. The minimum Gasteiger partial charge on any atom is -0.311 e. The van der Waals surface area contributed by atoms with Crippen LogP contribution in [-0.4, -0.2) is 4.57 Å². The average Bonchev–Trinajstić information content (AvgIpc) is 3.71. The summed E-state index contributed by atoms with van der Waals surface area (Å²) in [4.78, 5) is 2.36. The van der Waals surface area contributed by atoms with E-state index in [0.717, 1.165) is 22.7 Å². The van der Waals surface area contributed by atoms with Crippen molar-refractivity contribution in [1.29, 1.82) is 0 Å². The number of fused-ring (bicyclic) bond motifs is 5. The van der Waals surface area contributed by atoms with E-state index >= 15 is 0 Å². The van der Waals surface area contributed by atoms with E-state index in [2.05, 4.69) is 264 Å². The third-order valence-corrected chi connectivity index (χ3v) is 12.8.